The third-order valence-corrected chi connectivity index (χ3v) is 4.18. The highest BCUT2D eigenvalue weighted by Crippen LogP contribution is 2.25. The molecule has 1 aromatic rings. The van der Waals surface area contributed by atoms with Crippen molar-refractivity contribution in [2.45, 2.75) is 39.7 Å². The Morgan fingerprint density at radius 3 is 3.00 bits per heavy atom. The van der Waals surface area contributed by atoms with Crippen LogP contribution in [-0.4, -0.2) is 23.0 Å². The number of hydrazine groups is 1. The fraction of sp³-hybridized carbons (Fsp3) is 0.667. The lowest BCUT2D eigenvalue weighted by molar-refractivity contribution is 0.262. The molecular weight excluding hydrogens is 236 g/mol. The van der Waals surface area contributed by atoms with E-state index in [9.17, 15) is 0 Å². The van der Waals surface area contributed by atoms with Crippen molar-refractivity contribution in [2.24, 2.45) is 17.7 Å². The number of aromatic nitrogens is 1. The molecule has 4 nitrogen and oxygen atoms in total. The minimum Gasteiger partial charge on any atom is -0.324 e. The number of nitrogens with one attached hydrogen (secondary N) is 1. The fourth-order valence-electron chi connectivity index (χ4n) is 2.89. The van der Waals surface area contributed by atoms with E-state index in [-0.39, 0.29) is 0 Å². The second-order valence-electron chi connectivity index (χ2n) is 5.89. The van der Waals surface area contributed by atoms with Gasteiger partial charge in [0.05, 0.1) is 11.4 Å². The zero-order chi connectivity index (χ0) is 13.7. The largest absolute Gasteiger partial charge is 0.324 e. The molecule has 0 spiro atoms. The van der Waals surface area contributed by atoms with Crippen molar-refractivity contribution >= 4 is 5.69 Å². The molecule has 1 aliphatic rings. The predicted octanol–water partition coefficient (Wildman–Crippen LogP) is 2.63. The molecule has 0 aliphatic carbocycles. The second kappa shape index (κ2) is 6.87. The van der Waals surface area contributed by atoms with Crippen molar-refractivity contribution in [3.63, 3.8) is 0 Å². The molecule has 1 unspecified atom stereocenters. The van der Waals surface area contributed by atoms with E-state index in [2.05, 4.69) is 29.2 Å². The Hall–Kier alpha value is -1.13. The minimum absolute atomic E-state index is 0.808. The van der Waals surface area contributed by atoms with E-state index in [1.54, 1.807) is 0 Å². The summed E-state index contributed by atoms with van der Waals surface area (Å²) in [7, 11) is 0. The van der Waals surface area contributed by atoms with Gasteiger partial charge in [-0.25, -0.2) is 0 Å². The molecule has 4 heteroatoms. The van der Waals surface area contributed by atoms with E-state index in [1.807, 2.05) is 18.3 Å². The minimum atomic E-state index is 0.808. The zero-order valence-electron chi connectivity index (χ0n) is 12.1. The van der Waals surface area contributed by atoms with Crippen molar-refractivity contribution < 1.29 is 0 Å². The van der Waals surface area contributed by atoms with Gasteiger partial charge in [0.15, 0.2) is 0 Å². The summed E-state index contributed by atoms with van der Waals surface area (Å²) in [5, 5.41) is 0. The van der Waals surface area contributed by atoms with Gasteiger partial charge in [-0.3, -0.25) is 15.7 Å². The van der Waals surface area contributed by atoms with E-state index in [1.165, 1.54) is 32.4 Å². The van der Waals surface area contributed by atoms with Gasteiger partial charge >= 0.3 is 0 Å². The van der Waals surface area contributed by atoms with Crippen LogP contribution in [0.5, 0.6) is 0 Å². The van der Waals surface area contributed by atoms with Gasteiger partial charge in [0.2, 0.25) is 0 Å². The van der Waals surface area contributed by atoms with Gasteiger partial charge in [0, 0.05) is 12.7 Å². The Kier molecular flexibility index (Phi) is 5.16. The average Bonchev–Trinajstić information content (AvgIpc) is 2.65. The number of hydrogen-bond acceptors (Lipinski definition) is 4. The summed E-state index contributed by atoms with van der Waals surface area (Å²) in [6.45, 7) is 7.99. The monoisotopic (exact) mass is 262 g/mol. The summed E-state index contributed by atoms with van der Waals surface area (Å²) >= 11 is 0. The van der Waals surface area contributed by atoms with Crippen LogP contribution in [0, 0.1) is 11.8 Å². The maximum atomic E-state index is 5.44. The summed E-state index contributed by atoms with van der Waals surface area (Å²) in [4.78, 5) is 6.95. The Balaban J connectivity index is 1.92. The fourth-order valence-corrected chi connectivity index (χ4v) is 2.89. The molecule has 2 rings (SSSR count). The summed E-state index contributed by atoms with van der Waals surface area (Å²) in [5.74, 6) is 7.13. The quantitative estimate of drug-likeness (QED) is 0.647. The van der Waals surface area contributed by atoms with E-state index in [4.69, 9.17) is 5.84 Å². The molecule has 0 amide bonds. The molecule has 19 heavy (non-hydrogen) atoms. The van der Waals surface area contributed by atoms with Crippen LogP contribution in [0.15, 0.2) is 18.3 Å². The molecule has 1 aromatic heterocycles. The highest BCUT2D eigenvalue weighted by Gasteiger charge is 2.19. The van der Waals surface area contributed by atoms with Gasteiger partial charge < -0.3 is 5.43 Å². The number of pyridine rings is 1. The molecule has 3 N–H and O–H groups in total. The van der Waals surface area contributed by atoms with Crippen molar-refractivity contribution in [3.05, 3.63) is 24.0 Å². The topological polar surface area (TPSA) is 54.2 Å². The lowest BCUT2D eigenvalue weighted by Crippen LogP contribution is -2.25. The maximum Gasteiger partial charge on any atom is 0.0564 e. The summed E-state index contributed by atoms with van der Waals surface area (Å²) < 4.78 is 0. The lowest BCUT2D eigenvalue weighted by atomic mass is 9.89. The van der Waals surface area contributed by atoms with Crippen molar-refractivity contribution in [1.29, 1.82) is 0 Å². The van der Waals surface area contributed by atoms with E-state index < -0.39 is 0 Å². The van der Waals surface area contributed by atoms with Crippen LogP contribution in [0.3, 0.4) is 0 Å². The molecule has 106 valence electrons. The number of likely N-dealkylation sites (tertiary alicyclic amines) is 1. The van der Waals surface area contributed by atoms with Crippen LogP contribution in [-0.2, 0) is 6.54 Å². The highest BCUT2D eigenvalue weighted by molar-refractivity contribution is 5.41. The molecule has 1 aliphatic heterocycles. The number of rotatable bonds is 4. The first kappa shape index (κ1) is 14.3. The molecule has 0 aromatic carbocycles. The van der Waals surface area contributed by atoms with Crippen molar-refractivity contribution in [3.8, 4) is 0 Å². The van der Waals surface area contributed by atoms with Crippen LogP contribution in [0.4, 0.5) is 5.69 Å². The molecule has 0 saturated carbocycles. The van der Waals surface area contributed by atoms with Crippen LogP contribution in [0.1, 0.15) is 38.8 Å². The number of nitrogen functional groups attached to an aromatic ring is 1. The van der Waals surface area contributed by atoms with E-state index in [0.29, 0.717) is 0 Å². The molecule has 0 bridgehead atoms. The van der Waals surface area contributed by atoms with Gasteiger partial charge in [0.25, 0.3) is 0 Å². The standard InChI is InChI=1S/C15H26N4/c1-12(2)13-4-3-8-19(9-6-13)11-15-10-14(18-16)5-7-17-15/h5,7,10,12-13H,3-4,6,8-9,11,16H2,1-2H3,(H,17,18). The van der Waals surface area contributed by atoms with Gasteiger partial charge in [0.1, 0.15) is 0 Å². The molecule has 1 saturated heterocycles. The van der Waals surface area contributed by atoms with Crippen LogP contribution < -0.4 is 11.3 Å². The summed E-state index contributed by atoms with van der Waals surface area (Å²) in [6, 6.07) is 3.92. The lowest BCUT2D eigenvalue weighted by Gasteiger charge is -2.21. The maximum absolute atomic E-state index is 5.44. The molecule has 2 heterocycles. The smallest absolute Gasteiger partial charge is 0.0564 e. The molecule has 1 fully saturated rings. The Labute approximate surface area is 116 Å². The van der Waals surface area contributed by atoms with Gasteiger partial charge in [-0.2, -0.15) is 0 Å². The highest BCUT2D eigenvalue weighted by atomic mass is 15.2. The van der Waals surface area contributed by atoms with E-state index in [0.717, 1.165) is 29.8 Å². The second-order valence-corrected chi connectivity index (χ2v) is 5.89. The number of anilines is 1. The predicted molar refractivity (Wildman–Crippen MR) is 79.5 cm³/mol. The van der Waals surface area contributed by atoms with Crippen LogP contribution >= 0.6 is 0 Å². The van der Waals surface area contributed by atoms with Crippen LogP contribution in [0.25, 0.3) is 0 Å². The van der Waals surface area contributed by atoms with Gasteiger partial charge in [-0.15, -0.1) is 0 Å². The molecule has 0 radical (unpaired) electrons. The summed E-state index contributed by atoms with van der Waals surface area (Å²) in [6.07, 6.45) is 5.80. The Morgan fingerprint density at radius 2 is 2.26 bits per heavy atom. The van der Waals surface area contributed by atoms with Gasteiger partial charge in [-0.1, -0.05) is 13.8 Å². The average molecular weight is 262 g/mol. The SMILES string of the molecule is CC(C)C1CCCN(Cc2cc(NN)ccn2)CC1. The van der Waals surface area contributed by atoms with E-state index >= 15 is 0 Å². The number of hydrogen-bond donors (Lipinski definition) is 2. The summed E-state index contributed by atoms with van der Waals surface area (Å²) in [5.41, 5.74) is 4.71. The van der Waals surface area contributed by atoms with Gasteiger partial charge in [-0.05, 0) is 56.3 Å². The Bertz CT molecular complexity index is 391. The number of nitrogens with two attached hydrogens (primary N) is 1. The first-order valence-electron chi connectivity index (χ1n) is 7.33. The molecule has 1 atom stereocenters. The first-order valence-corrected chi connectivity index (χ1v) is 7.33. The zero-order valence-corrected chi connectivity index (χ0v) is 12.1. The van der Waals surface area contributed by atoms with Crippen molar-refractivity contribution in [1.82, 2.24) is 9.88 Å². The third kappa shape index (κ3) is 4.18. The van der Waals surface area contributed by atoms with Crippen molar-refractivity contribution in [2.75, 3.05) is 18.5 Å². The van der Waals surface area contributed by atoms with Crippen LogP contribution in [0.2, 0.25) is 0 Å². The third-order valence-electron chi connectivity index (χ3n) is 4.18. The number of nitrogens with zero attached hydrogens (tertiary/aromatic N) is 2. The normalized spacial score (nSPS) is 21.4. The molecular formula is C15H26N4. The Morgan fingerprint density at radius 1 is 1.42 bits per heavy atom. The first-order chi connectivity index (χ1) is 9.19.